The summed E-state index contributed by atoms with van der Waals surface area (Å²) in [5.74, 6) is -0.355. The predicted octanol–water partition coefficient (Wildman–Crippen LogP) is 2.35. The molecule has 29 heavy (non-hydrogen) atoms. The standard InChI is InChI=1S/C22H26FNO5/c1-15(25)24-19-21(28-14-17-10-6-3-7-11-17)20(18(12-23)29-22(19)26)27-13-16-8-4-2-5-9-16/h2-11,18-22,26H,12-14H2,1H3,(H,24,25)/t18-,19-,20-,21-,22+/m1/s1. The first kappa shape index (κ1) is 21.4. The third kappa shape index (κ3) is 5.83. The lowest BCUT2D eigenvalue weighted by Crippen LogP contribution is -2.65. The first-order chi connectivity index (χ1) is 14.1. The zero-order valence-electron chi connectivity index (χ0n) is 16.2. The van der Waals surface area contributed by atoms with Crippen LogP contribution in [0.5, 0.6) is 0 Å². The summed E-state index contributed by atoms with van der Waals surface area (Å²) in [6.45, 7) is 0.925. The molecular weight excluding hydrogens is 377 g/mol. The van der Waals surface area contributed by atoms with Crippen LogP contribution in [0.1, 0.15) is 18.1 Å². The van der Waals surface area contributed by atoms with Gasteiger partial charge in [-0.25, -0.2) is 4.39 Å². The van der Waals surface area contributed by atoms with E-state index in [1.165, 1.54) is 6.92 Å². The summed E-state index contributed by atoms with van der Waals surface area (Å²) in [6, 6.07) is 18.0. The Labute approximate surface area is 169 Å². The van der Waals surface area contributed by atoms with Crippen LogP contribution in [0, 0.1) is 0 Å². The van der Waals surface area contributed by atoms with Crippen molar-refractivity contribution in [3.63, 3.8) is 0 Å². The predicted molar refractivity (Wildman–Crippen MR) is 104 cm³/mol. The van der Waals surface area contributed by atoms with Gasteiger partial charge < -0.3 is 24.6 Å². The van der Waals surface area contributed by atoms with Gasteiger partial charge in [0.15, 0.2) is 6.29 Å². The molecule has 1 aliphatic rings. The van der Waals surface area contributed by atoms with Gasteiger partial charge in [-0.15, -0.1) is 0 Å². The SMILES string of the molecule is CC(=O)N[C@@H]1[C@@H](OCc2ccccc2)[C@H](OCc2ccccc2)[C@@H](CF)O[C@@H]1O. The Balaban J connectivity index is 1.80. The first-order valence-corrected chi connectivity index (χ1v) is 9.56. The van der Waals surface area contributed by atoms with E-state index in [4.69, 9.17) is 14.2 Å². The molecule has 0 aromatic heterocycles. The summed E-state index contributed by atoms with van der Waals surface area (Å²) in [6.07, 6.45) is -4.03. The van der Waals surface area contributed by atoms with E-state index < -0.39 is 37.3 Å². The molecule has 0 spiro atoms. The maximum Gasteiger partial charge on any atom is 0.217 e. The van der Waals surface area contributed by atoms with Gasteiger partial charge >= 0.3 is 0 Å². The van der Waals surface area contributed by atoms with E-state index in [0.717, 1.165) is 11.1 Å². The lowest BCUT2D eigenvalue weighted by Gasteiger charge is -2.44. The fraction of sp³-hybridized carbons (Fsp3) is 0.409. The zero-order valence-corrected chi connectivity index (χ0v) is 16.2. The van der Waals surface area contributed by atoms with E-state index in [1.54, 1.807) is 0 Å². The number of ether oxygens (including phenoxy) is 3. The van der Waals surface area contributed by atoms with Crippen LogP contribution in [0.2, 0.25) is 0 Å². The summed E-state index contributed by atoms with van der Waals surface area (Å²) >= 11 is 0. The lowest BCUT2D eigenvalue weighted by atomic mass is 9.96. The van der Waals surface area contributed by atoms with Crippen LogP contribution in [0.4, 0.5) is 4.39 Å². The minimum Gasteiger partial charge on any atom is -0.368 e. The molecule has 1 saturated heterocycles. The number of carbonyl (C=O) groups is 1. The maximum absolute atomic E-state index is 13.7. The number of hydrogen-bond donors (Lipinski definition) is 2. The van der Waals surface area contributed by atoms with Crippen molar-refractivity contribution in [3.05, 3.63) is 71.8 Å². The number of amides is 1. The molecule has 1 amide bonds. The molecule has 0 unspecified atom stereocenters. The van der Waals surface area contributed by atoms with E-state index in [2.05, 4.69) is 5.32 Å². The van der Waals surface area contributed by atoms with Crippen LogP contribution >= 0.6 is 0 Å². The van der Waals surface area contributed by atoms with Gasteiger partial charge in [0.1, 0.15) is 31.0 Å². The third-order valence-corrected chi connectivity index (χ3v) is 4.76. The van der Waals surface area contributed by atoms with Gasteiger partial charge in [-0.05, 0) is 11.1 Å². The number of hydrogen-bond acceptors (Lipinski definition) is 5. The Morgan fingerprint density at radius 3 is 2.00 bits per heavy atom. The molecular formula is C22H26FNO5. The number of benzene rings is 2. The van der Waals surface area contributed by atoms with Gasteiger partial charge in [0, 0.05) is 6.92 Å². The van der Waals surface area contributed by atoms with Crippen molar-refractivity contribution in [2.24, 2.45) is 0 Å². The normalized spacial score (nSPS) is 26.8. The molecule has 0 aliphatic carbocycles. The van der Waals surface area contributed by atoms with Gasteiger partial charge in [-0.1, -0.05) is 60.7 Å². The second-order valence-electron chi connectivity index (χ2n) is 6.97. The largest absolute Gasteiger partial charge is 0.368 e. The van der Waals surface area contributed by atoms with E-state index in [0.29, 0.717) is 0 Å². The van der Waals surface area contributed by atoms with Crippen LogP contribution < -0.4 is 5.32 Å². The van der Waals surface area contributed by atoms with Crippen LogP contribution in [-0.4, -0.2) is 48.3 Å². The number of halogens is 1. The fourth-order valence-corrected chi connectivity index (χ4v) is 3.37. The average molecular weight is 403 g/mol. The highest BCUT2D eigenvalue weighted by Crippen LogP contribution is 2.27. The Bertz CT molecular complexity index is 760. The lowest BCUT2D eigenvalue weighted by molar-refractivity contribution is -0.271. The molecule has 1 fully saturated rings. The molecule has 2 aromatic rings. The first-order valence-electron chi connectivity index (χ1n) is 9.56. The molecule has 1 heterocycles. The number of aliphatic hydroxyl groups excluding tert-OH is 1. The van der Waals surface area contributed by atoms with Gasteiger partial charge in [-0.2, -0.15) is 0 Å². The number of alkyl halides is 1. The number of nitrogens with one attached hydrogen (secondary N) is 1. The minimum atomic E-state index is -1.41. The Morgan fingerprint density at radius 2 is 1.52 bits per heavy atom. The van der Waals surface area contributed by atoms with Gasteiger partial charge in [0.2, 0.25) is 5.91 Å². The molecule has 156 valence electrons. The van der Waals surface area contributed by atoms with Crippen molar-refractivity contribution in [1.29, 1.82) is 0 Å². The summed E-state index contributed by atoms with van der Waals surface area (Å²) < 4.78 is 31.1. The van der Waals surface area contributed by atoms with Crippen LogP contribution in [0.15, 0.2) is 60.7 Å². The molecule has 1 aliphatic heterocycles. The monoisotopic (exact) mass is 403 g/mol. The zero-order chi connectivity index (χ0) is 20.6. The molecule has 2 aromatic carbocycles. The van der Waals surface area contributed by atoms with Crippen molar-refractivity contribution < 1.29 is 28.5 Å². The highest BCUT2D eigenvalue weighted by Gasteiger charge is 2.47. The molecule has 3 rings (SSSR count). The summed E-state index contributed by atoms with van der Waals surface area (Å²) in [5.41, 5.74) is 1.82. The summed E-state index contributed by atoms with van der Waals surface area (Å²) in [7, 11) is 0. The van der Waals surface area contributed by atoms with Crippen molar-refractivity contribution >= 4 is 5.91 Å². The van der Waals surface area contributed by atoms with Gasteiger partial charge in [0.25, 0.3) is 0 Å². The molecule has 0 bridgehead atoms. The van der Waals surface area contributed by atoms with E-state index in [-0.39, 0.29) is 19.1 Å². The molecule has 0 saturated carbocycles. The molecule has 7 heteroatoms. The third-order valence-electron chi connectivity index (χ3n) is 4.76. The number of rotatable bonds is 8. The quantitative estimate of drug-likeness (QED) is 0.708. The van der Waals surface area contributed by atoms with Crippen molar-refractivity contribution in [2.75, 3.05) is 6.67 Å². The summed E-state index contributed by atoms with van der Waals surface area (Å²) in [4.78, 5) is 11.7. The van der Waals surface area contributed by atoms with Crippen molar-refractivity contribution in [3.8, 4) is 0 Å². The van der Waals surface area contributed by atoms with E-state index in [9.17, 15) is 14.3 Å². The molecule has 6 nitrogen and oxygen atoms in total. The van der Waals surface area contributed by atoms with Crippen LogP contribution in [0.25, 0.3) is 0 Å². The molecule has 5 atom stereocenters. The second-order valence-corrected chi connectivity index (χ2v) is 6.97. The molecule has 2 N–H and O–H groups in total. The number of carbonyl (C=O) groups excluding carboxylic acids is 1. The van der Waals surface area contributed by atoms with Crippen LogP contribution in [-0.2, 0) is 32.2 Å². The van der Waals surface area contributed by atoms with Gasteiger partial charge in [0.05, 0.1) is 13.2 Å². The summed E-state index contributed by atoms with van der Waals surface area (Å²) in [5, 5.41) is 13.0. The number of aliphatic hydroxyl groups is 1. The van der Waals surface area contributed by atoms with E-state index >= 15 is 0 Å². The van der Waals surface area contributed by atoms with Crippen LogP contribution in [0.3, 0.4) is 0 Å². The highest BCUT2D eigenvalue weighted by atomic mass is 19.1. The highest BCUT2D eigenvalue weighted by molar-refractivity contribution is 5.73. The molecule has 0 radical (unpaired) electrons. The Hall–Kier alpha value is -2.32. The van der Waals surface area contributed by atoms with Crippen molar-refractivity contribution in [1.82, 2.24) is 5.32 Å². The fourth-order valence-electron chi connectivity index (χ4n) is 3.37. The van der Waals surface area contributed by atoms with E-state index in [1.807, 2.05) is 60.7 Å². The Kier molecular flexibility index (Phi) is 7.71. The maximum atomic E-state index is 13.7. The van der Waals surface area contributed by atoms with Crippen molar-refractivity contribution in [2.45, 2.75) is 50.8 Å². The average Bonchev–Trinajstić information content (AvgIpc) is 2.74. The smallest absolute Gasteiger partial charge is 0.217 e. The van der Waals surface area contributed by atoms with Gasteiger partial charge in [-0.3, -0.25) is 4.79 Å². The topological polar surface area (TPSA) is 77.0 Å². The minimum absolute atomic E-state index is 0.221. The Morgan fingerprint density at radius 1 is 1.00 bits per heavy atom. The second kappa shape index (κ2) is 10.5.